The van der Waals surface area contributed by atoms with Crippen LogP contribution in [-0.4, -0.2) is 9.32 Å². The van der Waals surface area contributed by atoms with Gasteiger partial charge in [-0.25, -0.2) is 4.39 Å². The molecule has 0 aliphatic carbocycles. The summed E-state index contributed by atoms with van der Waals surface area (Å²) in [5, 5.41) is 9.31. The van der Waals surface area contributed by atoms with E-state index in [1.807, 2.05) is 0 Å². The minimum Gasteiger partial charge on any atom is -0.508 e. The van der Waals surface area contributed by atoms with Gasteiger partial charge in [-0.2, -0.15) is 0 Å². The third-order valence-electron chi connectivity index (χ3n) is 2.36. The second-order valence-corrected chi connectivity index (χ2v) is 5.33. The monoisotopic (exact) mass is 265 g/mol. The lowest BCUT2D eigenvalue weighted by Gasteiger charge is -2.04. The van der Waals surface area contributed by atoms with Crippen LogP contribution in [0.25, 0.3) is 0 Å². The molecule has 0 aromatic heterocycles. The third kappa shape index (κ3) is 3.07. The van der Waals surface area contributed by atoms with Gasteiger partial charge in [-0.15, -0.1) is 0 Å². The number of aromatic hydroxyl groups is 1. The largest absolute Gasteiger partial charge is 0.508 e. The van der Waals surface area contributed by atoms with Gasteiger partial charge in [0, 0.05) is 10.6 Å². The predicted molar refractivity (Wildman–Crippen MR) is 69.0 cm³/mol. The Labute approximate surface area is 107 Å². The number of phenols is 1. The minimum atomic E-state index is -1.39. The van der Waals surface area contributed by atoms with E-state index in [9.17, 15) is 13.7 Å². The van der Waals surface area contributed by atoms with Crippen LogP contribution in [0.15, 0.2) is 47.4 Å². The average Bonchev–Trinajstić information content (AvgIpc) is 2.27. The maximum Gasteiger partial charge on any atom is 0.126 e. The number of nitrogen functional groups attached to an aromatic ring is 1. The first-order chi connectivity index (χ1) is 8.54. The van der Waals surface area contributed by atoms with Crippen LogP contribution in [0.3, 0.4) is 0 Å². The van der Waals surface area contributed by atoms with Crippen molar-refractivity contribution < 1.29 is 13.7 Å². The third-order valence-corrected chi connectivity index (χ3v) is 3.72. The van der Waals surface area contributed by atoms with E-state index in [-0.39, 0.29) is 17.2 Å². The molecule has 0 radical (unpaired) electrons. The van der Waals surface area contributed by atoms with Crippen LogP contribution < -0.4 is 5.73 Å². The van der Waals surface area contributed by atoms with Gasteiger partial charge < -0.3 is 10.8 Å². The Morgan fingerprint density at radius 1 is 1.22 bits per heavy atom. The van der Waals surface area contributed by atoms with Gasteiger partial charge in [0.15, 0.2) is 0 Å². The number of rotatable bonds is 3. The zero-order chi connectivity index (χ0) is 13.1. The Hall–Kier alpha value is -1.88. The highest BCUT2D eigenvalue weighted by molar-refractivity contribution is 7.84. The highest BCUT2D eigenvalue weighted by atomic mass is 32.2. The van der Waals surface area contributed by atoms with Crippen LogP contribution in [0.2, 0.25) is 0 Å². The van der Waals surface area contributed by atoms with Crippen LogP contribution in [0, 0.1) is 5.82 Å². The van der Waals surface area contributed by atoms with Gasteiger partial charge in [0.05, 0.1) is 16.6 Å². The lowest BCUT2D eigenvalue weighted by Crippen LogP contribution is -1.98. The summed E-state index contributed by atoms with van der Waals surface area (Å²) in [5.74, 6) is -0.186. The van der Waals surface area contributed by atoms with Crippen molar-refractivity contribution in [2.24, 2.45) is 0 Å². The molecule has 3 N–H and O–H groups in total. The molecule has 0 aliphatic heterocycles. The van der Waals surface area contributed by atoms with Gasteiger partial charge >= 0.3 is 0 Å². The van der Waals surface area contributed by atoms with E-state index in [2.05, 4.69) is 0 Å². The minimum absolute atomic E-state index is 0.114. The molecule has 1 unspecified atom stereocenters. The van der Waals surface area contributed by atoms with Gasteiger partial charge in [0.2, 0.25) is 0 Å². The first-order valence-corrected chi connectivity index (χ1v) is 6.59. The van der Waals surface area contributed by atoms with Gasteiger partial charge in [-0.1, -0.05) is 12.1 Å². The molecular formula is C13H12FNO2S. The molecule has 0 aliphatic rings. The molecule has 3 nitrogen and oxygen atoms in total. The van der Waals surface area contributed by atoms with Gasteiger partial charge in [-0.05, 0) is 35.9 Å². The van der Waals surface area contributed by atoms with Gasteiger partial charge in [0.1, 0.15) is 11.6 Å². The Balaban J connectivity index is 2.22. The first-order valence-electron chi connectivity index (χ1n) is 5.27. The smallest absolute Gasteiger partial charge is 0.126 e. The highest BCUT2D eigenvalue weighted by Crippen LogP contribution is 2.19. The fraction of sp³-hybridized carbons (Fsp3) is 0.0769. The molecule has 0 fully saturated rings. The lowest BCUT2D eigenvalue weighted by atomic mass is 10.2. The van der Waals surface area contributed by atoms with Crippen molar-refractivity contribution in [2.45, 2.75) is 10.6 Å². The van der Waals surface area contributed by atoms with Gasteiger partial charge in [0.25, 0.3) is 0 Å². The Bertz CT molecular complexity index is 581. The molecule has 0 saturated carbocycles. The fourth-order valence-corrected chi connectivity index (χ4v) is 2.76. The molecule has 0 heterocycles. The number of benzene rings is 2. The highest BCUT2D eigenvalue weighted by Gasteiger charge is 2.08. The van der Waals surface area contributed by atoms with Crippen LogP contribution in [0.1, 0.15) is 5.56 Å². The zero-order valence-electron chi connectivity index (χ0n) is 9.47. The molecule has 0 spiro atoms. The molecular weight excluding hydrogens is 253 g/mol. The van der Waals surface area contributed by atoms with E-state index in [1.165, 1.54) is 30.3 Å². The summed E-state index contributed by atoms with van der Waals surface area (Å²) in [6.45, 7) is 0. The molecule has 0 amide bonds. The summed E-state index contributed by atoms with van der Waals surface area (Å²) in [6, 6.07) is 10.3. The molecule has 94 valence electrons. The van der Waals surface area contributed by atoms with Crippen molar-refractivity contribution in [1.29, 1.82) is 0 Å². The Morgan fingerprint density at radius 3 is 2.67 bits per heavy atom. The van der Waals surface area contributed by atoms with Crippen molar-refractivity contribution >= 4 is 16.5 Å². The number of phenolic OH excluding ortho intramolecular Hbond substituents is 1. The second kappa shape index (κ2) is 5.18. The van der Waals surface area contributed by atoms with Crippen LogP contribution in [0.4, 0.5) is 10.1 Å². The average molecular weight is 265 g/mol. The molecule has 2 rings (SSSR count). The Kier molecular flexibility index (Phi) is 3.62. The van der Waals surface area contributed by atoms with E-state index < -0.39 is 16.6 Å². The topological polar surface area (TPSA) is 63.3 Å². The van der Waals surface area contributed by atoms with Crippen molar-refractivity contribution in [3.63, 3.8) is 0 Å². The molecule has 1 atom stereocenters. The van der Waals surface area contributed by atoms with E-state index >= 15 is 0 Å². The second-order valence-electron chi connectivity index (χ2n) is 3.88. The summed E-state index contributed by atoms with van der Waals surface area (Å²) >= 11 is 0. The summed E-state index contributed by atoms with van der Waals surface area (Å²) in [7, 11) is -1.39. The van der Waals surface area contributed by atoms with Crippen LogP contribution >= 0.6 is 0 Å². The van der Waals surface area contributed by atoms with E-state index in [4.69, 9.17) is 5.73 Å². The SMILES string of the molecule is Nc1cc(F)cc(S(=O)Cc2cccc(O)c2)c1. The molecule has 18 heavy (non-hydrogen) atoms. The van der Waals surface area contributed by atoms with Crippen LogP contribution in [-0.2, 0) is 16.6 Å². The lowest BCUT2D eigenvalue weighted by molar-refractivity contribution is 0.475. The number of halogens is 1. The van der Waals surface area contributed by atoms with Crippen molar-refractivity contribution in [3.05, 3.63) is 53.8 Å². The summed E-state index contributed by atoms with van der Waals surface area (Å²) in [6.07, 6.45) is 0. The molecule has 5 heteroatoms. The standard InChI is InChI=1S/C13H12FNO2S/c14-10-5-11(15)7-13(6-10)18(17)8-9-2-1-3-12(16)4-9/h1-7,16H,8,15H2. The van der Waals surface area contributed by atoms with E-state index in [0.29, 0.717) is 4.90 Å². The van der Waals surface area contributed by atoms with Crippen molar-refractivity contribution in [2.75, 3.05) is 5.73 Å². The summed E-state index contributed by atoms with van der Waals surface area (Å²) < 4.78 is 25.2. The van der Waals surface area contributed by atoms with E-state index in [1.54, 1.807) is 12.1 Å². The quantitative estimate of drug-likeness (QED) is 0.838. The summed E-state index contributed by atoms with van der Waals surface area (Å²) in [5.41, 5.74) is 6.46. The summed E-state index contributed by atoms with van der Waals surface area (Å²) in [4.78, 5) is 0.343. The maximum absolute atomic E-state index is 13.1. The zero-order valence-corrected chi connectivity index (χ0v) is 10.3. The van der Waals surface area contributed by atoms with Crippen molar-refractivity contribution in [1.82, 2.24) is 0 Å². The number of hydrogen-bond donors (Lipinski definition) is 2. The number of nitrogens with two attached hydrogens (primary N) is 1. The first kappa shape index (κ1) is 12.6. The molecule has 2 aromatic carbocycles. The fourth-order valence-electron chi connectivity index (χ4n) is 1.60. The van der Waals surface area contributed by atoms with Crippen LogP contribution in [0.5, 0.6) is 5.75 Å². The normalized spacial score (nSPS) is 12.3. The molecule has 0 bridgehead atoms. The molecule has 2 aromatic rings. The Morgan fingerprint density at radius 2 is 2.00 bits per heavy atom. The number of hydrogen-bond acceptors (Lipinski definition) is 3. The van der Waals surface area contributed by atoms with E-state index in [0.717, 1.165) is 5.56 Å². The van der Waals surface area contributed by atoms with Crippen molar-refractivity contribution in [3.8, 4) is 5.75 Å². The molecule has 0 saturated heterocycles. The maximum atomic E-state index is 13.1. The number of anilines is 1. The predicted octanol–water partition coefficient (Wildman–Crippen LogP) is 2.42. The van der Waals surface area contributed by atoms with Gasteiger partial charge in [-0.3, -0.25) is 4.21 Å².